The van der Waals surface area contributed by atoms with Crippen LogP contribution in [-0.2, 0) is 17.6 Å². The number of nitrogens with zero attached hydrogens (tertiary/aromatic N) is 2. The van der Waals surface area contributed by atoms with Crippen LogP contribution in [0.25, 0.3) is 0 Å². The molecule has 1 aliphatic rings. The minimum Gasteiger partial charge on any atom is -0.381 e. The first-order valence-corrected chi connectivity index (χ1v) is 4.85. The molecule has 1 aromatic heterocycles. The molecule has 0 saturated heterocycles. The molecule has 1 atom stereocenters. The summed E-state index contributed by atoms with van der Waals surface area (Å²) in [6.07, 6.45) is 3.99. The molecule has 1 unspecified atom stereocenters. The van der Waals surface area contributed by atoms with Crippen LogP contribution in [-0.4, -0.2) is 23.1 Å². The van der Waals surface area contributed by atoms with Gasteiger partial charge in [0.15, 0.2) is 0 Å². The van der Waals surface area contributed by atoms with Gasteiger partial charge in [0.2, 0.25) is 0 Å². The molecule has 1 aliphatic carbocycles. The van der Waals surface area contributed by atoms with Crippen molar-refractivity contribution in [2.75, 3.05) is 7.11 Å². The molecule has 80 valence electrons. The van der Waals surface area contributed by atoms with E-state index in [0.29, 0.717) is 0 Å². The van der Waals surface area contributed by atoms with Gasteiger partial charge in [-0.25, -0.2) is 0 Å². The smallest absolute Gasteiger partial charge is 0.287 e. The first-order valence-electron chi connectivity index (χ1n) is 4.85. The van der Waals surface area contributed by atoms with Gasteiger partial charge in [-0.2, -0.15) is 0 Å². The summed E-state index contributed by atoms with van der Waals surface area (Å²) in [5.41, 5.74) is 1.97. The lowest BCUT2D eigenvalue weighted by Gasteiger charge is -2.22. The number of rotatable bonds is 2. The van der Waals surface area contributed by atoms with Crippen molar-refractivity contribution in [3.63, 3.8) is 0 Å². The zero-order valence-corrected chi connectivity index (χ0v) is 8.47. The zero-order chi connectivity index (χ0) is 10.8. The van der Waals surface area contributed by atoms with Crippen molar-refractivity contribution in [3.05, 3.63) is 33.6 Å². The third-order valence-electron chi connectivity index (χ3n) is 2.74. The van der Waals surface area contributed by atoms with Crippen molar-refractivity contribution in [1.82, 2.24) is 4.98 Å². The largest absolute Gasteiger partial charge is 0.381 e. The Bertz CT molecular complexity index is 392. The van der Waals surface area contributed by atoms with Crippen molar-refractivity contribution in [2.24, 2.45) is 0 Å². The Balaban J connectivity index is 2.30. The van der Waals surface area contributed by atoms with Gasteiger partial charge in [0.1, 0.15) is 6.20 Å². The number of methoxy groups -OCH3 is 1. The van der Waals surface area contributed by atoms with Crippen LogP contribution in [0.2, 0.25) is 0 Å². The second kappa shape index (κ2) is 3.94. The highest BCUT2D eigenvalue weighted by Crippen LogP contribution is 2.24. The summed E-state index contributed by atoms with van der Waals surface area (Å²) in [6, 6.07) is 1.60. The predicted molar refractivity (Wildman–Crippen MR) is 53.7 cm³/mol. The minimum absolute atomic E-state index is 0.0607. The summed E-state index contributed by atoms with van der Waals surface area (Å²) in [5, 5.41) is 10.6. The molecule has 1 aromatic rings. The predicted octanol–water partition coefficient (Wildman–Crippen LogP) is 1.49. The Morgan fingerprint density at radius 3 is 3.13 bits per heavy atom. The van der Waals surface area contributed by atoms with Crippen LogP contribution in [0.1, 0.15) is 17.7 Å². The maximum absolute atomic E-state index is 10.6. The molecule has 15 heavy (non-hydrogen) atoms. The number of pyridine rings is 1. The van der Waals surface area contributed by atoms with Gasteiger partial charge in [-0.3, -0.25) is 15.1 Å². The van der Waals surface area contributed by atoms with Crippen LogP contribution >= 0.6 is 0 Å². The second-order valence-corrected chi connectivity index (χ2v) is 3.66. The summed E-state index contributed by atoms with van der Waals surface area (Å²) in [6.45, 7) is 0. The van der Waals surface area contributed by atoms with E-state index in [9.17, 15) is 10.1 Å². The van der Waals surface area contributed by atoms with Gasteiger partial charge < -0.3 is 4.74 Å². The molecule has 5 heteroatoms. The quantitative estimate of drug-likeness (QED) is 0.545. The highest BCUT2D eigenvalue weighted by atomic mass is 16.6. The van der Waals surface area contributed by atoms with Gasteiger partial charge in [0.05, 0.1) is 11.0 Å². The van der Waals surface area contributed by atoms with Gasteiger partial charge in [0, 0.05) is 25.3 Å². The van der Waals surface area contributed by atoms with Crippen molar-refractivity contribution >= 4 is 5.69 Å². The van der Waals surface area contributed by atoms with Crippen LogP contribution in [0.4, 0.5) is 5.69 Å². The van der Waals surface area contributed by atoms with Gasteiger partial charge in [-0.05, 0) is 18.4 Å². The SMILES string of the molecule is COC1CCc2ncc([N+](=O)[O-])cc2C1. The van der Waals surface area contributed by atoms with Gasteiger partial charge >= 0.3 is 0 Å². The third kappa shape index (κ3) is 1.97. The van der Waals surface area contributed by atoms with Crippen LogP contribution in [0.15, 0.2) is 12.3 Å². The minimum atomic E-state index is -0.413. The molecule has 2 rings (SSSR count). The molecular weight excluding hydrogens is 196 g/mol. The fourth-order valence-electron chi connectivity index (χ4n) is 1.87. The highest BCUT2D eigenvalue weighted by Gasteiger charge is 2.21. The third-order valence-corrected chi connectivity index (χ3v) is 2.74. The normalized spacial score (nSPS) is 19.7. The molecule has 1 heterocycles. The van der Waals surface area contributed by atoms with E-state index in [-0.39, 0.29) is 11.8 Å². The molecule has 0 fully saturated rings. The number of hydrogen-bond acceptors (Lipinski definition) is 4. The van der Waals surface area contributed by atoms with Gasteiger partial charge in [-0.15, -0.1) is 0 Å². The summed E-state index contributed by atoms with van der Waals surface area (Å²) in [7, 11) is 1.67. The average molecular weight is 208 g/mol. The monoisotopic (exact) mass is 208 g/mol. The topological polar surface area (TPSA) is 65.3 Å². The molecule has 0 saturated carbocycles. The fraction of sp³-hybridized carbons (Fsp3) is 0.500. The first-order chi connectivity index (χ1) is 7.20. The van der Waals surface area contributed by atoms with Crippen LogP contribution < -0.4 is 0 Å². The zero-order valence-electron chi connectivity index (χ0n) is 8.47. The van der Waals surface area contributed by atoms with E-state index < -0.39 is 4.92 Å². The maximum atomic E-state index is 10.6. The second-order valence-electron chi connectivity index (χ2n) is 3.66. The number of aromatic nitrogens is 1. The number of hydrogen-bond donors (Lipinski definition) is 0. The van der Waals surface area contributed by atoms with Gasteiger partial charge in [0.25, 0.3) is 5.69 Å². The van der Waals surface area contributed by atoms with E-state index in [0.717, 1.165) is 30.5 Å². The first kappa shape index (κ1) is 10.0. The van der Waals surface area contributed by atoms with Crippen molar-refractivity contribution < 1.29 is 9.66 Å². The molecule has 0 N–H and O–H groups in total. The van der Waals surface area contributed by atoms with Crippen molar-refractivity contribution in [3.8, 4) is 0 Å². The molecule has 5 nitrogen and oxygen atoms in total. The molecule has 0 aromatic carbocycles. The molecule has 0 aliphatic heterocycles. The van der Waals surface area contributed by atoms with E-state index >= 15 is 0 Å². The van der Waals surface area contributed by atoms with Crippen LogP contribution in [0.3, 0.4) is 0 Å². The van der Waals surface area contributed by atoms with E-state index in [4.69, 9.17) is 4.74 Å². The number of ether oxygens (including phenoxy) is 1. The summed E-state index contributed by atoms with van der Waals surface area (Å²) >= 11 is 0. The van der Waals surface area contributed by atoms with Crippen LogP contribution in [0, 0.1) is 10.1 Å². The maximum Gasteiger partial charge on any atom is 0.287 e. The molecule has 0 bridgehead atoms. The van der Waals surface area contributed by atoms with E-state index in [1.165, 1.54) is 6.20 Å². The Kier molecular flexibility index (Phi) is 2.64. The fourth-order valence-corrected chi connectivity index (χ4v) is 1.87. The Morgan fingerprint density at radius 1 is 1.67 bits per heavy atom. The number of nitro groups is 1. The average Bonchev–Trinajstić information content (AvgIpc) is 2.27. The lowest BCUT2D eigenvalue weighted by molar-refractivity contribution is -0.385. The van der Waals surface area contributed by atoms with Crippen molar-refractivity contribution in [1.29, 1.82) is 0 Å². The number of fused-ring (bicyclic) bond motifs is 1. The Hall–Kier alpha value is -1.49. The van der Waals surface area contributed by atoms with E-state index in [2.05, 4.69) is 4.98 Å². The van der Waals surface area contributed by atoms with Gasteiger partial charge in [-0.1, -0.05) is 0 Å². The molecule has 0 radical (unpaired) electrons. The number of aryl methyl sites for hydroxylation is 1. The lowest BCUT2D eigenvalue weighted by Crippen LogP contribution is -2.22. The molecule has 0 amide bonds. The van der Waals surface area contributed by atoms with Crippen molar-refractivity contribution in [2.45, 2.75) is 25.4 Å². The molecule has 0 spiro atoms. The van der Waals surface area contributed by atoms with Crippen LogP contribution in [0.5, 0.6) is 0 Å². The molecular formula is C10H12N2O3. The lowest BCUT2D eigenvalue weighted by atomic mass is 9.93. The van der Waals surface area contributed by atoms with E-state index in [1.54, 1.807) is 13.2 Å². The van der Waals surface area contributed by atoms with E-state index in [1.807, 2.05) is 0 Å². The Labute approximate surface area is 87.2 Å². The standard InChI is InChI=1S/C10H12N2O3/c1-15-9-2-3-10-7(5-9)4-8(6-11-10)12(13)14/h4,6,9H,2-3,5H2,1H3. The summed E-state index contributed by atoms with van der Waals surface area (Å²) in [4.78, 5) is 14.3. The highest BCUT2D eigenvalue weighted by molar-refractivity contribution is 5.36. The Morgan fingerprint density at radius 2 is 2.47 bits per heavy atom. The summed E-state index contributed by atoms with van der Waals surface area (Å²) < 4.78 is 5.25. The summed E-state index contributed by atoms with van der Waals surface area (Å²) in [5.74, 6) is 0.